The van der Waals surface area contributed by atoms with Gasteiger partial charge in [-0.25, -0.2) is 13.8 Å². The molecule has 3 rings (SSSR count). The van der Waals surface area contributed by atoms with E-state index < -0.39 is 11.6 Å². The van der Waals surface area contributed by atoms with E-state index in [-0.39, 0.29) is 11.4 Å². The summed E-state index contributed by atoms with van der Waals surface area (Å²) in [6.07, 6.45) is 4.27. The van der Waals surface area contributed by atoms with Crippen molar-refractivity contribution >= 4 is 22.6 Å². The fourth-order valence-electron chi connectivity index (χ4n) is 2.39. The van der Waals surface area contributed by atoms with Crippen LogP contribution in [0.3, 0.4) is 0 Å². The fourth-order valence-corrected chi connectivity index (χ4v) is 2.59. The molecule has 21 heavy (non-hydrogen) atoms. The number of halogens is 3. The zero-order valence-electron chi connectivity index (χ0n) is 11.4. The van der Waals surface area contributed by atoms with E-state index in [1.165, 1.54) is 6.07 Å². The molecule has 110 valence electrons. The summed E-state index contributed by atoms with van der Waals surface area (Å²) in [6.45, 7) is 0.463. The van der Waals surface area contributed by atoms with Crippen molar-refractivity contribution in [2.45, 2.75) is 18.8 Å². The molecular weight excluding hydrogens is 298 g/mol. The molecule has 0 fully saturated rings. The van der Waals surface area contributed by atoms with Crippen LogP contribution in [0.5, 0.6) is 0 Å². The Bertz CT molecular complexity index is 794. The largest absolute Gasteiger partial charge is 0.324 e. The third kappa shape index (κ3) is 2.51. The highest BCUT2D eigenvalue weighted by Gasteiger charge is 2.17. The van der Waals surface area contributed by atoms with E-state index in [0.29, 0.717) is 24.3 Å². The molecule has 0 unspecified atom stereocenters. The SMILES string of the molecule is Cn1cc(CCn2c(CCl)nc3ccc(F)c(F)c32)cn1. The second-order valence-electron chi connectivity index (χ2n) is 4.81. The van der Waals surface area contributed by atoms with E-state index in [4.69, 9.17) is 11.6 Å². The number of rotatable bonds is 4. The molecule has 3 aromatic rings. The standard InChI is InChI=1S/C14H13ClF2N4/c1-20-8-9(7-18-20)4-5-21-12(6-15)19-11-3-2-10(16)13(17)14(11)21/h2-3,7-8H,4-6H2,1H3. The van der Waals surface area contributed by atoms with Gasteiger partial charge in [-0.15, -0.1) is 11.6 Å². The van der Waals surface area contributed by atoms with Crippen molar-refractivity contribution in [3.63, 3.8) is 0 Å². The highest BCUT2D eigenvalue weighted by molar-refractivity contribution is 6.16. The van der Waals surface area contributed by atoms with Gasteiger partial charge in [0.05, 0.1) is 17.6 Å². The molecule has 1 aromatic carbocycles. The molecule has 0 bridgehead atoms. The summed E-state index contributed by atoms with van der Waals surface area (Å²) in [4.78, 5) is 4.25. The van der Waals surface area contributed by atoms with Crippen LogP contribution < -0.4 is 0 Å². The Morgan fingerprint density at radius 3 is 2.76 bits per heavy atom. The number of nitrogens with zero attached hydrogens (tertiary/aromatic N) is 4. The lowest BCUT2D eigenvalue weighted by molar-refractivity contribution is 0.510. The van der Waals surface area contributed by atoms with Gasteiger partial charge in [0, 0.05) is 19.8 Å². The van der Waals surface area contributed by atoms with E-state index in [0.717, 1.165) is 11.6 Å². The summed E-state index contributed by atoms with van der Waals surface area (Å²) in [5.41, 5.74) is 1.59. The molecule has 0 radical (unpaired) electrons. The summed E-state index contributed by atoms with van der Waals surface area (Å²) >= 11 is 5.87. The van der Waals surface area contributed by atoms with Crippen molar-refractivity contribution < 1.29 is 8.78 Å². The Morgan fingerprint density at radius 1 is 1.29 bits per heavy atom. The third-order valence-corrected chi connectivity index (χ3v) is 3.62. The van der Waals surface area contributed by atoms with Crippen molar-refractivity contribution in [1.29, 1.82) is 0 Å². The lowest BCUT2D eigenvalue weighted by Gasteiger charge is -2.07. The highest BCUT2D eigenvalue weighted by Crippen LogP contribution is 2.23. The number of benzene rings is 1. The van der Waals surface area contributed by atoms with Crippen LogP contribution in [0.2, 0.25) is 0 Å². The summed E-state index contributed by atoms with van der Waals surface area (Å²) in [7, 11) is 1.83. The molecule has 7 heteroatoms. The van der Waals surface area contributed by atoms with Crippen LogP contribution >= 0.6 is 11.6 Å². The minimum absolute atomic E-state index is 0.142. The molecule has 2 aromatic heterocycles. The van der Waals surface area contributed by atoms with Crippen molar-refractivity contribution in [1.82, 2.24) is 19.3 Å². The van der Waals surface area contributed by atoms with Gasteiger partial charge in [0.15, 0.2) is 11.6 Å². The minimum atomic E-state index is -0.887. The van der Waals surface area contributed by atoms with Gasteiger partial charge in [-0.3, -0.25) is 4.68 Å². The molecule has 0 amide bonds. The summed E-state index contributed by atoms with van der Waals surface area (Å²) < 4.78 is 30.8. The quantitative estimate of drug-likeness (QED) is 0.694. The first-order valence-corrected chi connectivity index (χ1v) is 7.00. The summed E-state index contributed by atoms with van der Waals surface area (Å²) in [5.74, 6) is -1.10. The zero-order valence-corrected chi connectivity index (χ0v) is 12.1. The number of alkyl halides is 1. The van der Waals surface area contributed by atoms with Crippen LogP contribution in [0, 0.1) is 11.6 Å². The van der Waals surface area contributed by atoms with E-state index in [9.17, 15) is 8.78 Å². The minimum Gasteiger partial charge on any atom is -0.324 e. The Labute approximate surface area is 125 Å². The number of hydrogen-bond donors (Lipinski definition) is 0. The smallest absolute Gasteiger partial charge is 0.184 e. The van der Waals surface area contributed by atoms with Gasteiger partial charge in [0.25, 0.3) is 0 Å². The molecule has 0 atom stereocenters. The molecule has 0 aliphatic carbocycles. The summed E-state index contributed by atoms with van der Waals surface area (Å²) in [6, 6.07) is 2.54. The van der Waals surface area contributed by atoms with E-state index in [2.05, 4.69) is 10.1 Å². The van der Waals surface area contributed by atoms with Gasteiger partial charge in [0.2, 0.25) is 0 Å². The molecule has 0 saturated carbocycles. The van der Waals surface area contributed by atoms with Crippen LogP contribution in [0.15, 0.2) is 24.5 Å². The topological polar surface area (TPSA) is 35.6 Å². The van der Waals surface area contributed by atoms with Crippen LogP contribution in [-0.4, -0.2) is 19.3 Å². The Morgan fingerprint density at radius 2 is 2.10 bits per heavy atom. The maximum absolute atomic E-state index is 14.0. The van der Waals surface area contributed by atoms with Gasteiger partial charge in [0.1, 0.15) is 11.3 Å². The molecule has 0 spiro atoms. The second-order valence-corrected chi connectivity index (χ2v) is 5.08. The predicted octanol–water partition coefficient (Wildman–Crippen LogP) is 3.03. The van der Waals surface area contributed by atoms with Gasteiger partial charge >= 0.3 is 0 Å². The molecule has 4 nitrogen and oxygen atoms in total. The van der Waals surface area contributed by atoms with E-state index in [1.54, 1.807) is 15.4 Å². The Balaban J connectivity index is 2.01. The maximum atomic E-state index is 14.0. The van der Waals surface area contributed by atoms with Crippen LogP contribution in [0.4, 0.5) is 8.78 Å². The van der Waals surface area contributed by atoms with Gasteiger partial charge < -0.3 is 4.57 Å². The van der Waals surface area contributed by atoms with Crippen LogP contribution in [0.25, 0.3) is 11.0 Å². The normalized spacial score (nSPS) is 11.4. The van der Waals surface area contributed by atoms with Gasteiger partial charge in [-0.05, 0) is 24.1 Å². The number of aryl methyl sites for hydroxylation is 3. The van der Waals surface area contributed by atoms with Crippen molar-refractivity contribution in [3.8, 4) is 0 Å². The maximum Gasteiger partial charge on any atom is 0.184 e. The Kier molecular flexibility index (Phi) is 3.63. The van der Waals surface area contributed by atoms with Crippen molar-refractivity contribution in [3.05, 3.63) is 47.5 Å². The average Bonchev–Trinajstić information content (AvgIpc) is 3.04. The van der Waals surface area contributed by atoms with E-state index >= 15 is 0 Å². The lowest BCUT2D eigenvalue weighted by atomic mass is 10.2. The first-order valence-electron chi connectivity index (χ1n) is 6.46. The number of aromatic nitrogens is 4. The van der Waals surface area contributed by atoms with Crippen molar-refractivity contribution in [2.75, 3.05) is 0 Å². The molecule has 0 aliphatic rings. The number of hydrogen-bond acceptors (Lipinski definition) is 2. The molecule has 2 heterocycles. The third-order valence-electron chi connectivity index (χ3n) is 3.38. The first-order chi connectivity index (χ1) is 10.1. The predicted molar refractivity (Wildman–Crippen MR) is 76.1 cm³/mol. The summed E-state index contributed by atoms with van der Waals surface area (Å²) in [5, 5.41) is 4.08. The molecule has 0 N–H and O–H groups in total. The van der Waals surface area contributed by atoms with Gasteiger partial charge in [-0.2, -0.15) is 5.10 Å². The monoisotopic (exact) mass is 310 g/mol. The fraction of sp³-hybridized carbons (Fsp3) is 0.286. The number of imidazole rings is 1. The molecular formula is C14H13ClF2N4. The van der Waals surface area contributed by atoms with Crippen molar-refractivity contribution in [2.24, 2.45) is 7.05 Å². The molecule has 0 saturated heterocycles. The first kappa shape index (κ1) is 14.0. The Hall–Kier alpha value is -1.95. The van der Waals surface area contributed by atoms with Crippen LogP contribution in [-0.2, 0) is 25.9 Å². The second kappa shape index (κ2) is 5.44. The van der Waals surface area contributed by atoms with Crippen LogP contribution in [0.1, 0.15) is 11.4 Å². The average molecular weight is 311 g/mol. The van der Waals surface area contributed by atoms with Gasteiger partial charge in [-0.1, -0.05) is 0 Å². The lowest BCUT2D eigenvalue weighted by Crippen LogP contribution is -2.06. The highest BCUT2D eigenvalue weighted by atomic mass is 35.5. The van der Waals surface area contributed by atoms with E-state index in [1.807, 2.05) is 13.2 Å². The zero-order chi connectivity index (χ0) is 15.0. The number of fused-ring (bicyclic) bond motifs is 1. The molecule has 0 aliphatic heterocycles.